The smallest absolute Gasteiger partial charge is 0.0522 e. The molecule has 1 saturated carbocycles. The normalized spacial score (nSPS) is 29.2. The fourth-order valence-electron chi connectivity index (χ4n) is 3.17. The van der Waals surface area contributed by atoms with E-state index in [0.717, 1.165) is 19.3 Å². The summed E-state index contributed by atoms with van der Waals surface area (Å²) in [5, 5.41) is 4.21. The summed E-state index contributed by atoms with van der Waals surface area (Å²) in [6.45, 7) is 4.66. The maximum absolute atomic E-state index is 6.54. The average Bonchev–Trinajstić information content (AvgIpc) is 2.47. The minimum Gasteiger partial charge on any atom is -0.325 e. The molecule has 1 aliphatic carbocycles. The summed E-state index contributed by atoms with van der Waals surface area (Å²) in [5.41, 5.74) is 8.18. The van der Waals surface area contributed by atoms with Gasteiger partial charge in [0.15, 0.2) is 0 Å². The molecule has 1 aliphatic rings. The number of hydrogen-bond acceptors (Lipinski definition) is 2. The molecule has 0 radical (unpaired) electrons. The number of nitrogens with zero attached hydrogens (tertiary/aromatic N) is 2. The first-order valence-corrected chi connectivity index (χ1v) is 6.15. The highest BCUT2D eigenvalue weighted by atomic mass is 15.2. The molecule has 1 fully saturated rings. The van der Waals surface area contributed by atoms with Gasteiger partial charge in [-0.1, -0.05) is 20.3 Å². The maximum Gasteiger partial charge on any atom is 0.0522 e. The summed E-state index contributed by atoms with van der Waals surface area (Å²) in [6.07, 6.45) is 9.81. The van der Waals surface area contributed by atoms with Gasteiger partial charge in [0, 0.05) is 18.8 Å². The molecule has 0 saturated heterocycles. The van der Waals surface area contributed by atoms with Gasteiger partial charge in [0.05, 0.1) is 6.20 Å². The van der Waals surface area contributed by atoms with Gasteiger partial charge in [0.1, 0.15) is 0 Å². The van der Waals surface area contributed by atoms with E-state index in [2.05, 4.69) is 25.1 Å². The first-order chi connectivity index (χ1) is 7.39. The molecule has 0 amide bonds. The standard InChI is InChI=1S/C13H23N3/c1-12(2)5-4-6-13(14,10-12)7-11-8-15-16(3)9-11/h8-9H,4-7,10,14H2,1-3H3. The summed E-state index contributed by atoms with van der Waals surface area (Å²) < 4.78 is 1.85. The van der Waals surface area contributed by atoms with Crippen molar-refractivity contribution in [1.82, 2.24) is 9.78 Å². The predicted molar refractivity (Wildman–Crippen MR) is 66.1 cm³/mol. The van der Waals surface area contributed by atoms with Crippen molar-refractivity contribution < 1.29 is 0 Å². The third kappa shape index (κ3) is 2.64. The van der Waals surface area contributed by atoms with Gasteiger partial charge < -0.3 is 5.73 Å². The van der Waals surface area contributed by atoms with Gasteiger partial charge >= 0.3 is 0 Å². The van der Waals surface area contributed by atoms with Crippen LogP contribution in [0.3, 0.4) is 0 Å². The summed E-state index contributed by atoms with van der Waals surface area (Å²) in [5.74, 6) is 0. The molecule has 2 rings (SSSR count). The van der Waals surface area contributed by atoms with Crippen LogP contribution in [0.1, 0.15) is 45.1 Å². The van der Waals surface area contributed by atoms with Crippen molar-refractivity contribution in [3.8, 4) is 0 Å². The molecule has 0 bridgehead atoms. The SMILES string of the molecule is Cn1cc(CC2(N)CCCC(C)(C)C2)cn1. The van der Waals surface area contributed by atoms with Crippen molar-refractivity contribution >= 4 is 0 Å². The molecule has 0 aliphatic heterocycles. The van der Waals surface area contributed by atoms with Crippen LogP contribution < -0.4 is 5.73 Å². The Morgan fingerprint density at radius 1 is 1.44 bits per heavy atom. The van der Waals surface area contributed by atoms with Crippen molar-refractivity contribution in [1.29, 1.82) is 0 Å². The lowest BCUT2D eigenvalue weighted by atomic mass is 9.67. The van der Waals surface area contributed by atoms with Gasteiger partial charge in [-0.25, -0.2) is 0 Å². The Balaban J connectivity index is 2.07. The van der Waals surface area contributed by atoms with Gasteiger partial charge in [-0.15, -0.1) is 0 Å². The minimum atomic E-state index is -0.0230. The van der Waals surface area contributed by atoms with Crippen molar-refractivity contribution in [3.05, 3.63) is 18.0 Å². The van der Waals surface area contributed by atoms with Crippen LogP contribution in [0.4, 0.5) is 0 Å². The summed E-state index contributed by atoms with van der Waals surface area (Å²) in [7, 11) is 1.96. The molecule has 3 nitrogen and oxygen atoms in total. The first-order valence-electron chi connectivity index (χ1n) is 6.15. The Morgan fingerprint density at radius 3 is 2.75 bits per heavy atom. The molecule has 2 N–H and O–H groups in total. The molecule has 0 spiro atoms. The van der Waals surface area contributed by atoms with Crippen LogP contribution in [0.15, 0.2) is 12.4 Å². The fourth-order valence-corrected chi connectivity index (χ4v) is 3.17. The van der Waals surface area contributed by atoms with Gasteiger partial charge in [0.2, 0.25) is 0 Å². The second-order valence-corrected chi connectivity index (χ2v) is 6.26. The summed E-state index contributed by atoms with van der Waals surface area (Å²) in [4.78, 5) is 0. The molecule has 1 aromatic rings. The van der Waals surface area contributed by atoms with Crippen molar-refractivity contribution in [2.45, 2.75) is 51.5 Å². The average molecular weight is 221 g/mol. The lowest BCUT2D eigenvalue weighted by molar-refractivity contribution is 0.151. The Hall–Kier alpha value is -0.830. The van der Waals surface area contributed by atoms with E-state index < -0.39 is 0 Å². The predicted octanol–water partition coefficient (Wildman–Crippen LogP) is 2.26. The lowest BCUT2D eigenvalue weighted by Crippen LogP contribution is -2.48. The number of rotatable bonds is 2. The molecule has 1 aromatic heterocycles. The Bertz CT molecular complexity index is 367. The zero-order chi connectivity index (χ0) is 11.8. The first kappa shape index (κ1) is 11.6. The molecule has 16 heavy (non-hydrogen) atoms. The van der Waals surface area contributed by atoms with E-state index in [1.54, 1.807) is 0 Å². The van der Waals surface area contributed by atoms with E-state index in [1.165, 1.54) is 18.4 Å². The molecule has 1 atom stereocenters. The van der Waals surface area contributed by atoms with E-state index in [-0.39, 0.29) is 5.54 Å². The number of nitrogens with two attached hydrogens (primary N) is 1. The second-order valence-electron chi connectivity index (χ2n) is 6.26. The Morgan fingerprint density at radius 2 is 2.19 bits per heavy atom. The third-order valence-corrected chi connectivity index (χ3v) is 3.67. The van der Waals surface area contributed by atoms with Crippen molar-refractivity contribution in [2.24, 2.45) is 18.2 Å². The molecular formula is C13H23N3. The lowest BCUT2D eigenvalue weighted by Gasteiger charge is -2.42. The minimum absolute atomic E-state index is 0.0230. The Kier molecular flexibility index (Phi) is 2.82. The highest BCUT2D eigenvalue weighted by Crippen LogP contribution is 2.41. The topological polar surface area (TPSA) is 43.8 Å². The second kappa shape index (κ2) is 3.88. The highest BCUT2D eigenvalue weighted by Gasteiger charge is 2.37. The van der Waals surface area contributed by atoms with E-state index in [9.17, 15) is 0 Å². The number of aryl methyl sites for hydroxylation is 1. The number of aromatic nitrogens is 2. The van der Waals surface area contributed by atoms with Crippen molar-refractivity contribution in [3.63, 3.8) is 0 Å². The van der Waals surface area contributed by atoms with Crippen LogP contribution in [0.5, 0.6) is 0 Å². The largest absolute Gasteiger partial charge is 0.325 e. The van der Waals surface area contributed by atoms with Crippen LogP contribution in [-0.4, -0.2) is 15.3 Å². The third-order valence-electron chi connectivity index (χ3n) is 3.67. The molecule has 1 unspecified atom stereocenters. The van der Waals surface area contributed by atoms with Gasteiger partial charge in [-0.05, 0) is 36.7 Å². The molecular weight excluding hydrogens is 198 g/mol. The van der Waals surface area contributed by atoms with Crippen LogP contribution in [-0.2, 0) is 13.5 Å². The van der Waals surface area contributed by atoms with Crippen LogP contribution >= 0.6 is 0 Å². The summed E-state index contributed by atoms with van der Waals surface area (Å²) in [6, 6.07) is 0. The fraction of sp³-hybridized carbons (Fsp3) is 0.769. The van der Waals surface area contributed by atoms with E-state index in [0.29, 0.717) is 5.41 Å². The Labute approximate surface area is 98.0 Å². The quantitative estimate of drug-likeness (QED) is 0.832. The highest BCUT2D eigenvalue weighted by molar-refractivity contribution is 5.11. The van der Waals surface area contributed by atoms with Crippen LogP contribution in [0.2, 0.25) is 0 Å². The molecule has 3 heteroatoms. The van der Waals surface area contributed by atoms with E-state index in [4.69, 9.17) is 5.73 Å². The van der Waals surface area contributed by atoms with Gasteiger partial charge in [0.25, 0.3) is 0 Å². The monoisotopic (exact) mass is 221 g/mol. The molecule has 1 heterocycles. The van der Waals surface area contributed by atoms with Gasteiger partial charge in [-0.2, -0.15) is 5.10 Å². The zero-order valence-electron chi connectivity index (χ0n) is 10.7. The zero-order valence-corrected chi connectivity index (χ0v) is 10.7. The van der Waals surface area contributed by atoms with Crippen LogP contribution in [0.25, 0.3) is 0 Å². The van der Waals surface area contributed by atoms with E-state index in [1.807, 2.05) is 17.9 Å². The number of hydrogen-bond donors (Lipinski definition) is 1. The molecule has 90 valence electrons. The van der Waals surface area contributed by atoms with Crippen LogP contribution in [0, 0.1) is 5.41 Å². The summed E-state index contributed by atoms with van der Waals surface area (Å²) >= 11 is 0. The van der Waals surface area contributed by atoms with Crippen molar-refractivity contribution in [2.75, 3.05) is 0 Å². The maximum atomic E-state index is 6.54. The van der Waals surface area contributed by atoms with Gasteiger partial charge in [-0.3, -0.25) is 4.68 Å². The van der Waals surface area contributed by atoms with E-state index >= 15 is 0 Å². The molecule has 0 aromatic carbocycles.